The zero-order valence-electron chi connectivity index (χ0n) is 17.0. The van der Waals surface area contributed by atoms with Gasteiger partial charge in [-0.15, -0.1) is 0 Å². The Labute approximate surface area is 171 Å². The molecule has 1 saturated heterocycles. The minimum absolute atomic E-state index is 0.0883. The Morgan fingerprint density at radius 1 is 0.862 bits per heavy atom. The largest absolute Gasteiger partial charge is 0.335 e. The number of carbonyl (C=O) groups excluding carboxylic acids is 3. The van der Waals surface area contributed by atoms with Crippen LogP contribution in [0.2, 0.25) is 0 Å². The zero-order valence-corrected chi connectivity index (χ0v) is 17.0. The number of anilines is 2. The first-order chi connectivity index (χ1) is 14.0. The number of urea groups is 2. The van der Waals surface area contributed by atoms with Gasteiger partial charge in [-0.05, 0) is 43.9 Å². The average Bonchev–Trinajstić information content (AvgIpc) is 2.69. The quantitative estimate of drug-likeness (QED) is 0.623. The van der Waals surface area contributed by atoms with E-state index in [4.69, 9.17) is 0 Å². The third kappa shape index (κ3) is 6.66. The number of nitrogens with zero attached hydrogens (tertiary/aromatic N) is 1. The van der Waals surface area contributed by atoms with Gasteiger partial charge in [-0.3, -0.25) is 4.79 Å². The van der Waals surface area contributed by atoms with Crippen LogP contribution in [0.4, 0.5) is 21.0 Å². The third-order valence-electron chi connectivity index (χ3n) is 5.49. The normalized spacial score (nSPS) is 18.0. The minimum Gasteiger partial charge on any atom is -0.335 e. The molecule has 1 aliphatic heterocycles. The van der Waals surface area contributed by atoms with Crippen molar-refractivity contribution in [2.45, 2.75) is 64.0 Å². The van der Waals surface area contributed by atoms with Crippen LogP contribution in [0.3, 0.4) is 0 Å². The molecule has 1 aliphatic carbocycles. The fraction of sp³-hybridized carbons (Fsp3) is 0.571. The standard InChI is InChI=1S/C21H31N5O3/c1-15(27)22-18-8-5-9-19(14-18)25-21(29)26-12-10-17(11-13-26)24-20(28)23-16-6-3-2-4-7-16/h5,8-9,14,16-17H,2-4,6-7,10-13H2,1H3,(H,22,27)(H,25,29)(H2,23,24,28). The first-order valence-electron chi connectivity index (χ1n) is 10.5. The number of likely N-dealkylation sites (tertiary alicyclic amines) is 1. The van der Waals surface area contributed by atoms with Gasteiger partial charge in [0.25, 0.3) is 0 Å². The van der Waals surface area contributed by atoms with Crippen LogP contribution in [-0.2, 0) is 4.79 Å². The van der Waals surface area contributed by atoms with E-state index in [9.17, 15) is 14.4 Å². The van der Waals surface area contributed by atoms with Gasteiger partial charge in [-0.2, -0.15) is 0 Å². The summed E-state index contributed by atoms with van der Waals surface area (Å²) in [5.74, 6) is -0.157. The molecular weight excluding hydrogens is 370 g/mol. The molecule has 8 heteroatoms. The maximum absolute atomic E-state index is 12.5. The second-order valence-corrected chi connectivity index (χ2v) is 7.91. The van der Waals surface area contributed by atoms with E-state index in [1.165, 1.54) is 26.2 Å². The molecule has 2 aliphatic rings. The van der Waals surface area contributed by atoms with Gasteiger partial charge >= 0.3 is 12.1 Å². The number of carbonyl (C=O) groups is 3. The summed E-state index contributed by atoms with van der Waals surface area (Å²) >= 11 is 0. The number of nitrogens with one attached hydrogen (secondary N) is 4. The van der Waals surface area contributed by atoms with Crippen molar-refractivity contribution in [3.8, 4) is 0 Å². The van der Waals surface area contributed by atoms with Crippen molar-refractivity contribution in [2.24, 2.45) is 0 Å². The van der Waals surface area contributed by atoms with Gasteiger partial charge in [0.15, 0.2) is 0 Å². The van der Waals surface area contributed by atoms with Gasteiger partial charge in [0.1, 0.15) is 0 Å². The summed E-state index contributed by atoms with van der Waals surface area (Å²) in [6, 6.07) is 7.18. The van der Waals surface area contributed by atoms with Gasteiger partial charge in [-0.25, -0.2) is 9.59 Å². The molecule has 1 aromatic rings. The molecular formula is C21H31N5O3. The molecule has 158 valence electrons. The lowest BCUT2D eigenvalue weighted by Gasteiger charge is -2.33. The Balaban J connectivity index is 1.41. The Morgan fingerprint density at radius 3 is 2.07 bits per heavy atom. The van der Waals surface area contributed by atoms with Crippen molar-refractivity contribution in [2.75, 3.05) is 23.7 Å². The molecule has 29 heavy (non-hydrogen) atoms. The van der Waals surface area contributed by atoms with Crippen LogP contribution in [0.15, 0.2) is 24.3 Å². The average molecular weight is 402 g/mol. The SMILES string of the molecule is CC(=O)Nc1cccc(NC(=O)N2CCC(NC(=O)NC3CCCCC3)CC2)c1. The highest BCUT2D eigenvalue weighted by molar-refractivity contribution is 5.92. The summed E-state index contributed by atoms with van der Waals surface area (Å²) in [6.07, 6.45) is 7.23. The van der Waals surface area contributed by atoms with Crippen LogP contribution < -0.4 is 21.3 Å². The van der Waals surface area contributed by atoms with Crippen LogP contribution in [0.1, 0.15) is 51.9 Å². The number of rotatable bonds is 4. The van der Waals surface area contributed by atoms with Crippen LogP contribution in [0.5, 0.6) is 0 Å². The predicted octanol–water partition coefficient (Wildman–Crippen LogP) is 3.27. The van der Waals surface area contributed by atoms with Crippen LogP contribution >= 0.6 is 0 Å². The summed E-state index contributed by atoms with van der Waals surface area (Å²) in [4.78, 5) is 37.6. The fourth-order valence-corrected chi connectivity index (χ4v) is 3.97. The van der Waals surface area contributed by atoms with E-state index < -0.39 is 0 Å². The first-order valence-corrected chi connectivity index (χ1v) is 10.5. The molecule has 0 aromatic heterocycles. The maximum Gasteiger partial charge on any atom is 0.321 e. The molecule has 4 N–H and O–H groups in total. The molecule has 0 unspecified atom stereocenters. The van der Waals surface area contributed by atoms with Gasteiger partial charge in [0.2, 0.25) is 5.91 Å². The number of piperidine rings is 1. The highest BCUT2D eigenvalue weighted by atomic mass is 16.2. The van der Waals surface area contributed by atoms with Gasteiger partial charge in [0.05, 0.1) is 0 Å². The van der Waals surface area contributed by atoms with Gasteiger partial charge in [0, 0.05) is 43.5 Å². The van der Waals surface area contributed by atoms with Crippen molar-refractivity contribution in [1.82, 2.24) is 15.5 Å². The Morgan fingerprint density at radius 2 is 1.45 bits per heavy atom. The van der Waals surface area contributed by atoms with E-state index in [1.807, 2.05) is 0 Å². The molecule has 0 bridgehead atoms. The van der Waals surface area contributed by atoms with Crippen LogP contribution in [-0.4, -0.2) is 48.0 Å². The number of hydrogen-bond acceptors (Lipinski definition) is 3. The molecule has 0 radical (unpaired) electrons. The summed E-state index contributed by atoms with van der Waals surface area (Å²) in [5.41, 5.74) is 1.27. The Kier molecular flexibility index (Phi) is 7.32. The maximum atomic E-state index is 12.5. The Hall–Kier alpha value is -2.77. The van der Waals surface area contributed by atoms with Crippen molar-refractivity contribution >= 4 is 29.3 Å². The predicted molar refractivity (Wildman–Crippen MR) is 113 cm³/mol. The van der Waals surface area contributed by atoms with E-state index in [0.717, 1.165) is 25.7 Å². The molecule has 1 aromatic carbocycles. The number of hydrogen-bond donors (Lipinski definition) is 4. The summed E-state index contributed by atoms with van der Waals surface area (Å²) in [5, 5.41) is 11.7. The fourth-order valence-electron chi connectivity index (χ4n) is 3.97. The number of benzene rings is 1. The topological polar surface area (TPSA) is 103 Å². The lowest BCUT2D eigenvalue weighted by atomic mass is 9.96. The lowest BCUT2D eigenvalue weighted by Crippen LogP contribution is -2.51. The van der Waals surface area contributed by atoms with E-state index in [0.29, 0.717) is 30.5 Å². The summed E-state index contributed by atoms with van der Waals surface area (Å²) in [7, 11) is 0. The third-order valence-corrected chi connectivity index (χ3v) is 5.49. The molecule has 3 rings (SSSR count). The molecule has 8 nitrogen and oxygen atoms in total. The highest BCUT2D eigenvalue weighted by Gasteiger charge is 2.25. The van der Waals surface area contributed by atoms with Crippen LogP contribution in [0, 0.1) is 0 Å². The molecule has 2 fully saturated rings. The minimum atomic E-state index is -0.171. The van der Waals surface area contributed by atoms with Crippen LogP contribution in [0.25, 0.3) is 0 Å². The van der Waals surface area contributed by atoms with E-state index >= 15 is 0 Å². The second kappa shape index (κ2) is 10.1. The van der Waals surface area contributed by atoms with Gasteiger partial charge in [-0.1, -0.05) is 25.3 Å². The first kappa shape index (κ1) is 21.0. The number of amides is 5. The van der Waals surface area contributed by atoms with Crippen molar-refractivity contribution in [3.05, 3.63) is 24.3 Å². The Bertz CT molecular complexity index is 725. The second-order valence-electron chi connectivity index (χ2n) is 7.91. The van der Waals surface area contributed by atoms with E-state index in [1.54, 1.807) is 29.2 Å². The van der Waals surface area contributed by atoms with Crippen molar-refractivity contribution in [3.63, 3.8) is 0 Å². The molecule has 0 spiro atoms. The zero-order chi connectivity index (χ0) is 20.6. The van der Waals surface area contributed by atoms with Crippen molar-refractivity contribution < 1.29 is 14.4 Å². The van der Waals surface area contributed by atoms with E-state index in [-0.39, 0.29) is 24.0 Å². The monoisotopic (exact) mass is 401 g/mol. The van der Waals surface area contributed by atoms with Crippen molar-refractivity contribution in [1.29, 1.82) is 0 Å². The molecule has 1 saturated carbocycles. The summed E-state index contributed by atoms with van der Waals surface area (Å²) < 4.78 is 0. The van der Waals surface area contributed by atoms with Gasteiger partial charge < -0.3 is 26.2 Å². The summed E-state index contributed by atoms with van der Waals surface area (Å²) in [6.45, 7) is 2.62. The molecule has 5 amide bonds. The highest BCUT2D eigenvalue weighted by Crippen LogP contribution is 2.19. The molecule has 0 atom stereocenters. The van der Waals surface area contributed by atoms with E-state index in [2.05, 4.69) is 21.3 Å². The smallest absolute Gasteiger partial charge is 0.321 e. The molecule has 1 heterocycles. The lowest BCUT2D eigenvalue weighted by molar-refractivity contribution is -0.114.